The van der Waals surface area contributed by atoms with Crippen molar-refractivity contribution < 1.29 is 22.3 Å². The zero-order valence-corrected chi connectivity index (χ0v) is 6.62. The van der Waals surface area contributed by atoms with Gasteiger partial charge in [0, 0.05) is 0 Å². The van der Waals surface area contributed by atoms with Gasteiger partial charge in [0.2, 0.25) is 5.83 Å². The van der Waals surface area contributed by atoms with Crippen LogP contribution in [0.1, 0.15) is 19.8 Å². The molecule has 0 aliphatic rings. The Labute approximate surface area is 68.0 Å². The Hall–Kier alpha value is -0.740. The Kier molecular flexibility index (Phi) is 4.70. The van der Waals surface area contributed by atoms with Gasteiger partial charge in [-0.2, -0.15) is 17.6 Å². The fourth-order valence-electron chi connectivity index (χ4n) is 0.427. The monoisotopic (exact) mass is 186 g/mol. The smallest absolute Gasteiger partial charge is 0.446 e. The number of hydrogen-bond donors (Lipinski definition) is 0. The molecular weight excluding hydrogens is 176 g/mol. The lowest BCUT2D eigenvalue weighted by atomic mass is 10.4. The molecule has 5 heteroatoms. The molecule has 0 aliphatic heterocycles. The number of ether oxygens (including phenoxy) is 1. The van der Waals surface area contributed by atoms with E-state index in [-0.39, 0.29) is 12.9 Å². The van der Waals surface area contributed by atoms with E-state index in [1.54, 1.807) is 0 Å². The molecule has 1 nitrogen and oxygen atoms in total. The van der Waals surface area contributed by atoms with Crippen molar-refractivity contribution in [2.24, 2.45) is 0 Å². The maximum Gasteiger partial charge on any atom is 0.446 e. The molecule has 0 N–H and O–H groups in total. The van der Waals surface area contributed by atoms with Crippen LogP contribution in [0.3, 0.4) is 0 Å². The predicted molar refractivity (Wildman–Crippen MR) is 36.1 cm³/mol. The first kappa shape index (κ1) is 11.3. The first-order valence-electron chi connectivity index (χ1n) is 3.53. The van der Waals surface area contributed by atoms with Gasteiger partial charge in [-0.05, 0) is 6.42 Å². The Morgan fingerprint density at radius 2 is 2.00 bits per heavy atom. The van der Waals surface area contributed by atoms with Gasteiger partial charge >= 0.3 is 6.18 Å². The number of rotatable bonds is 4. The van der Waals surface area contributed by atoms with Crippen LogP contribution in [0.5, 0.6) is 0 Å². The van der Waals surface area contributed by atoms with E-state index >= 15 is 0 Å². The molecule has 0 aromatic heterocycles. The van der Waals surface area contributed by atoms with E-state index in [0.717, 1.165) is 6.42 Å². The molecule has 0 saturated carbocycles. The second kappa shape index (κ2) is 5.00. The van der Waals surface area contributed by atoms with Crippen LogP contribution >= 0.6 is 0 Å². The topological polar surface area (TPSA) is 9.23 Å². The van der Waals surface area contributed by atoms with E-state index in [1.165, 1.54) is 0 Å². The summed E-state index contributed by atoms with van der Waals surface area (Å²) in [6, 6.07) is 0. The standard InChI is InChI=1S/C7H10F4O/c1-2-3-4-12-5-6(8)7(9,10)11/h5H,2-4H2,1H3. The fourth-order valence-corrected chi connectivity index (χ4v) is 0.427. The van der Waals surface area contributed by atoms with Crippen molar-refractivity contribution in [3.05, 3.63) is 12.1 Å². The number of hydrogen-bond acceptors (Lipinski definition) is 1. The van der Waals surface area contributed by atoms with Crippen LogP contribution < -0.4 is 0 Å². The lowest BCUT2D eigenvalue weighted by Crippen LogP contribution is -2.08. The summed E-state index contributed by atoms with van der Waals surface area (Å²) < 4.78 is 50.6. The first-order valence-corrected chi connectivity index (χ1v) is 3.53. The van der Waals surface area contributed by atoms with Gasteiger partial charge in [0.1, 0.15) is 6.26 Å². The van der Waals surface area contributed by atoms with E-state index < -0.39 is 12.0 Å². The first-order chi connectivity index (χ1) is 5.48. The maximum absolute atomic E-state index is 11.9. The van der Waals surface area contributed by atoms with Gasteiger partial charge in [-0.25, -0.2) is 0 Å². The van der Waals surface area contributed by atoms with Crippen molar-refractivity contribution in [3.63, 3.8) is 0 Å². The normalized spacial score (nSPS) is 13.2. The molecule has 0 aromatic rings. The van der Waals surface area contributed by atoms with Gasteiger partial charge in [-0.15, -0.1) is 0 Å². The molecule has 0 radical (unpaired) electrons. The molecule has 0 aliphatic carbocycles. The predicted octanol–water partition coefficient (Wildman–Crippen LogP) is 3.18. The summed E-state index contributed by atoms with van der Waals surface area (Å²) in [5, 5.41) is 0. The summed E-state index contributed by atoms with van der Waals surface area (Å²) in [7, 11) is 0. The molecule has 0 fully saturated rings. The summed E-state index contributed by atoms with van der Waals surface area (Å²) >= 11 is 0. The van der Waals surface area contributed by atoms with Crippen molar-refractivity contribution in [3.8, 4) is 0 Å². The van der Waals surface area contributed by atoms with E-state index in [4.69, 9.17) is 0 Å². The van der Waals surface area contributed by atoms with E-state index in [9.17, 15) is 17.6 Å². The van der Waals surface area contributed by atoms with Crippen molar-refractivity contribution in [2.75, 3.05) is 6.61 Å². The minimum absolute atomic E-state index is 0.107. The SMILES string of the molecule is CCCCOC=C(F)C(F)(F)F. The van der Waals surface area contributed by atoms with Gasteiger partial charge in [0.25, 0.3) is 0 Å². The Morgan fingerprint density at radius 1 is 1.42 bits per heavy atom. The van der Waals surface area contributed by atoms with E-state index in [2.05, 4.69) is 4.74 Å². The average molecular weight is 186 g/mol. The largest absolute Gasteiger partial charge is 0.498 e. The van der Waals surface area contributed by atoms with Crippen LogP contribution in [-0.4, -0.2) is 12.8 Å². The lowest BCUT2D eigenvalue weighted by Gasteiger charge is -2.03. The molecule has 0 rings (SSSR count). The molecule has 0 spiro atoms. The second-order valence-electron chi connectivity index (χ2n) is 2.19. The number of unbranched alkanes of at least 4 members (excludes halogenated alkanes) is 1. The summed E-state index contributed by atoms with van der Waals surface area (Å²) in [5.74, 6) is -2.20. The van der Waals surface area contributed by atoms with Crippen LogP contribution in [-0.2, 0) is 4.74 Å². The van der Waals surface area contributed by atoms with Crippen molar-refractivity contribution in [2.45, 2.75) is 25.9 Å². The molecule has 0 saturated heterocycles. The van der Waals surface area contributed by atoms with Crippen LogP contribution in [0.2, 0.25) is 0 Å². The average Bonchev–Trinajstić information content (AvgIpc) is 1.96. The zero-order chi connectivity index (χ0) is 9.61. The van der Waals surface area contributed by atoms with Gasteiger partial charge < -0.3 is 4.74 Å². The molecule has 0 heterocycles. The lowest BCUT2D eigenvalue weighted by molar-refractivity contribution is -0.111. The summed E-state index contributed by atoms with van der Waals surface area (Å²) in [5.41, 5.74) is 0. The Bertz CT molecular complexity index is 150. The quantitative estimate of drug-likeness (QED) is 0.372. The molecule has 0 amide bonds. The van der Waals surface area contributed by atoms with Gasteiger partial charge in [0.05, 0.1) is 6.61 Å². The van der Waals surface area contributed by atoms with Gasteiger partial charge in [-0.1, -0.05) is 13.3 Å². The van der Waals surface area contributed by atoms with Crippen LogP contribution in [0.25, 0.3) is 0 Å². The Morgan fingerprint density at radius 3 is 2.42 bits per heavy atom. The molecular formula is C7H10F4O. The highest BCUT2D eigenvalue weighted by Gasteiger charge is 2.35. The van der Waals surface area contributed by atoms with E-state index in [0.29, 0.717) is 6.42 Å². The maximum atomic E-state index is 11.9. The van der Waals surface area contributed by atoms with Gasteiger partial charge in [-0.3, -0.25) is 0 Å². The van der Waals surface area contributed by atoms with Crippen LogP contribution in [0.15, 0.2) is 12.1 Å². The molecule has 0 atom stereocenters. The van der Waals surface area contributed by atoms with Gasteiger partial charge in [0.15, 0.2) is 0 Å². The third kappa shape index (κ3) is 4.98. The minimum Gasteiger partial charge on any atom is -0.498 e. The number of halogens is 4. The van der Waals surface area contributed by atoms with Crippen molar-refractivity contribution >= 4 is 0 Å². The molecule has 0 bridgehead atoms. The minimum atomic E-state index is -4.92. The van der Waals surface area contributed by atoms with Crippen LogP contribution in [0.4, 0.5) is 17.6 Å². The third-order valence-corrected chi connectivity index (χ3v) is 1.07. The highest BCUT2D eigenvalue weighted by molar-refractivity contribution is 4.93. The third-order valence-electron chi connectivity index (χ3n) is 1.07. The molecule has 0 unspecified atom stereocenters. The summed E-state index contributed by atoms with van der Waals surface area (Å²) in [6.07, 6.45) is -3.41. The molecule has 72 valence electrons. The molecule has 0 aromatic carbocycles. The summed E-state index contributed by atoms with van der Waals surface area (Å²) in [6.45, 7) is 1.97. The molecule has 12 heavy (non-hydrogen) atoms. The highest BCUT2D eigenvalue weighted by atomic mass is 19.4. The van der Waals surface area contributed by atoms with Crippen molar-refractivity contribution in [1.82, 2.24) is 0 Å². The second-order valence-corrected chi connectivity index (χ2v) is 2.19. The fraction of sp³-hybridized carbons (Fsp3) is 0.714. The Balaban J connectivity index is 3.70. The number of allylic oxidation sites excluding steroid dienone is 1. The summed E-state index contributed by atoms with van der Waals surface area (Å²) in [4.78, 5) is 0. The van der Waals surface area contributed by atoms with Crippen LogP contribution in [0, 0.1) is 0 Å². The number of alkyl halides is 3. The highest BCUT2D eigenvalue weighted by Crippen LogP contribution is 2.26. The van der Waals surface area contributed by atoms with Crippen molar-refractivity contribution in [1.29, 1.82) is 0 Å². The van der Waals surface area contributed by atoms with E-state index in [1.807, 2.05) is 6.92 Å². The zero-order valence-electron chi connectivity index (χ0n) is 6.62.